The van der Waals surface area contributed by atoms with Gasteiger partial charge in [-0.05, 0) is 0 Å². The van der Waals surface area contributed by atoms with Gasteiger partial charge in [0.2, 0.25) is 0 Å². The first-order chi connectivity index (χ1) is 4.72. The van der Waals surface area contributed by atoms with E-state index in [0.717, 1.165) is 6.07 Å². The van der Waals surface area contributed by atoms with Crippen molar-refractivity contribution < 1.29 is 9.52 Å². The maximum absolute atomic E-state index is 10.5. The van der Waals surface area contributed by atoms with E-state index in [1.807, 2.05) is 22.6 Å². The van der Waals surface area contributed by atoms with Crippen molar-refractivity contribution in [3.8, 4) is 5.75 Å². The van der Waals surface area contributed by atoms with Crippen LogP contribution in [0.3, 0.4) is 0 Å². The summed E-state index contributed by atoms with van der Waals surface area (Å²) >= 11 is 2.04. The van der Waals surface area contributed by atoms with Gasteiger partial charge in [-0.3, -0.25) is 0 Å². The summed E-state index contributed by atoms with van der Waals surface area (Å²) in [5.41, 5.74) is -0.508. The molecule has 0 aliphatic rings. The predicted molar refractivity (Wildman–Crippen MR) is 44.4 cm³/mol. The number of alkyl halides is 1. The van der Waals surface area contributed by atoms with Gasteiger partial charge in [0, 0.05) is 6.07 Å². The lowest BCUT2D eigenvalue weighted by molar-refractivity contribution is 0.434. The molecule has 0 saturated heterocycles. The topological polar surface area (TPSA) is 50.4 Å². The number of hydrogen-bond donors (Lipinski definition) is 1. The number of aromatic hydroxyl groups is 1. The summed E-state index contributed by atoms with van der Waals surface area (Å²) in [5, 5.41) is 8.86. The van der Waals surface area contributed by atoms with Crippen molar-refractivity contribution in [2.24, 2.45) is 0 Å². The fourth-order valence-electron chi connectivity index (χ4n) is 0.581. The summed E-state index contributed by atoms with van der Waals surface area (Å²) in [4.78, 5) is 10.5. The maximum Gasteiger partial charge on any atom is 0.339 e. The van der Waals surface area contributed by atoms with Crippen molar-refractivity contribution in [2.45, 2.75) is 4.43 Å². The van der Waals surface area contributed by atoms with E-state index in [2.05, 4.69) is 4.42 Å². The first kappa shape index (κ1) is 7.59. The Bertz CT molecular complexity index is 279. The van der Waals surface area contributed by atoms with Gasteiger partial charge in [-0.15, -0.1) is 0 Å². The van der Waals surface area contributed by atoms with Gasteiger partial charge in [0.15, 0.2) is 0 Å². The Balaban J connectivity index is 3.19. The van der Waals surface area contributed by atoms with Crippen LogP contribution in [0.25, 0.3) is 0 Å². The molecule has 1 aromatic rings. The molecule has 1 aromatic heterocycles. The second-order valence-corrected chi connectivity index (χ2v) is 2.50. The predicted octanol–water partition coefficient (Wildman–Crippen LogP) is 1.28. The summed E-state index contributed by atoms with van der Waals surface area (Å²) in [6, 6.07) is 2.46. The standard InChI is InChI=1S/C6H5IO3/c7-3-5-1-4(8)2-6(9)10-5/h1-2,8H,3H2. The third kappa shape index (κ3) is 1.73. The van der Waals surface area contributed by atoms with E-state index in [9.17, 15) is 4.79 Å². The molecule has 4 heteroatoms. The van der Waals surface area contributed by atoms with E-state index in [-0.39, 0.29) is 5.75 Å². The van der Waals surface area contributed by atoms with Crippen LogP contribution in [0.2, 0.25) is 0 Å². The molecule has 1 heterocycles. The van der Waals surface area contributed by atoms with E-state index in [1.165, 1.54) is 6.07 Å². The second kappa shape index (κ2) is 3.05. The lowest BCUT2D eigenvalue weighted by atomic mass is 10.4. The van der Waals surface area contributed by atoms with Gasteiger partial charge in [-0.25, -0.2) is 4.79 Å². The van der Waals surface area contributed by atoms with Crippen molar-refractivity contribution in [1.82, 2.24) is 0 Å². The summed E-state index contributed by atoms with van der Waals surface area (Å²) in [6.45, 7) is 0. The molecule has 1 rings (SSSR count). The van der Waals surface area contributed by atoms with Gasteiger partial charge >= 0.3 is 5.63 Å². The highest BCUT2D eigenvalue weighted by Crippen LogP contribution is 2.09. The second-order valence-electron chi connectivity index (χ2n) is 1.73. The SMILES string of the molecule is O=c1cc(O)cc(CI)o1. The Morgan fingerprint density at radius 2 is 2.30 bits per heavy atom. The quantitative estimate of drug-likeness (QED) is 0.605. The molecule has 10 heavy (non-hydrogen) atoms. The molecule has 0 atom stereocenters. The molecule has 0 amide bonds. The van der Waals surface area contributed by atoms with Gasteiger partial charge in [-0.2, -0.15) is 0 Å². The molecule has 1 N–H and O–H groups in total. The molecular weight excluding hydrogens is 247 g/mol. The highest BCUT2D eigenvalue weighted by molar-refractivity contribution is 14.1. The molecule has 0 radical (unpaired) electrons. The normalized spacial score (nSPS) is 9.70. The van der Waals surface area contributed by atoms with Crippen molar-refractivity contribution >= 4 is 22.6 Å². The van der Waals surface area contributed by atoms with Crippen molar-refractivity contribution in [1.29, 1.82) is 0 Å². The van der Waals surface area contributed by atoms with Crippen LogP contribution in [0.5, 0.6) is 5.75 Å². The summed E-state index contributed by atoms with van der Waals surface area (Å²) in [6.07, 6.45) is 0. The zero-order valence-electron chi connectivity index (χ0n) is 5.00. The Hall–Kier alpha value is -0.520. The Morgan fingerprint density at radius 3 is 2.80 bits per heavy atom. The monoisotopic (exact) mass is 252 g/mol. The molecule has 0 fully saturated rings. The minimum absolute atomic E-state index is 0.0390. The van der Waals surface area contributed by atoms with E-state index in [0.29, 0.717) is 10.2 Å². The maximum atomic E-state index is 10.5. The summed E-state index contributed by atoms with van der Waals surface area (Å²) < 4.78 is 5.27. The minimum atomic E-state index is -0.508. The van der Waals surface area contributed by atoms with Gasteiger partial charge in [0.1, 0.15) is 11.5 Å². The molecule has 0 bridgehead atoms. The van der Waals surface area contributed by atoms with E-state index in [1.54, 1.807) is 0 Å². The highest BCUT2D eigenvalue weighted by atomic mass is 127. The zero-order chi connectivity index (χ0) is 7.56. The zero-order valence-corrected chi connectivity index (χ0v) is 7.16. The average Bonchev–Trinajstić information content (AvgIpc) is 1.85. The van der Waals surface area contributed by atoms with Crippen LogP contribution in [0, 0.1) is 0 Å². The summed E-state index contributed by atoms with van der Waals surface area (Å²) in [5.74, 6) is 0.452. The van der Waals surface area contributed by atoms with Gasteiger partial charge in [0.25, 0.3) is 0 Å². The van der Waals surface area contributed by atoms with Gasteiger partial charge in [0.05, 0.1) is 10.5 Å². The van der Waals surface area contributed by atoms with Crippen LogP contribution >= 0.6 is 22.6 Å². The van der Waals surface area contributed by atoms with E-state index in [4.69, 9.17) is 5.11 Å². The highest BCUT2D eigenvalue weighted by Gasteiger charge is 1.96. The van der Waals surface area contributed by atoms with Gasteiger partial charge in [-0.1, -0.05) is 22.6 Å². The van der Waals surface area contributed by atoms with E-state index >= 15 is 0 Å². The third-order valence-electron chi connectivity index (χ3n) is 0.938. The lowest BCUT2D eigenvalue weighted by Gasteiger charge is -1.92. The van der Waals surface area contributed by atoms with Crippen molar-refractivity contribution in [3.05, 3.63) is 28.3 Å². The number of rotatable bonds is 1. The minimum Gasteiger partial charge on any atom is -0.508 e. The molecule has 0 unspecified atom stereocenters. The van der Waals surface area contributed by atoms with Crippen LogP contribution in [0.15, 0.2) is 21.3 Å². The molecule has 0 aliphatic heterocycles. The average molecular weight is 252 g/mol. The van der Waals surface area contributed by atoms with Crippen molar-refractivity contribution in [3.63, 3.8) is 0 Å². The Kier molecular flexibility index (Phi) is 2.31. The molecular formula is C6H5IO3. The summed E-state index contributed by atoms with van der Waals surface area (Å²) in [7, 11) is 0. The smallest absolute Gasteiger partial charge is 0.339 e. The number of hydrogen-bond acceptors (Lipinski definition) is 3. The first-order valence-electron chi connectivity index (χ1n) is 2.61. The molecule has 0 aliphatic carbocycles. The van der Waals surface area contributed by atoms with Crippen LogP contribution in [-0.2, 0) is 4.43 Å². The third-order valence-corrected chi connectivity index (χ3v) is 1.69. The number of halogens is 1. The Morgan fingerprint density at radius 1 is 1.60 bits per heavy atom. The molecule has 0 saturated carbocycles. The van der Waals surface area contributed by atoms with Crippen molar-refractivity contribution in [2.75, 3.05) is 0 Å². The van der Waals surface area contributed by atoms with Gasteiger partial charge < -0.3 is 9.52 Å². The fourth-order valence-corrected chi connectivity index (χ4v) is 0.957. The van der Waals surface area contributed by atoms with Crippen LogP contribution in [-0.4, -0.2) is 5.11 Å². The van der Waals surface area contributed by atoms with Crippen LogP contribution in [0.4, 0.5) is 0 Å². The fraction of sp³-hybridized carbons (Fsp3) is 0.167. The van der Waals surface area contributed by atoms with Crippen LogP contribution in [0.1, 0.15) is 5.76 Å². The first-order valence-corrected chi connectivity index (χ1v) is 4.14. The molecule has 0 aromatic carbocycles. The Labute approximate surface area is 70.8 Å². The molecule has 54 valence electrons. The van der Waals surface area contributed by atoms with E-state index < -0.39 is 5.63 Å². The largest absolute Gasteiger partial charge is 0.508 e. The molecule has 3 nitrogen and oxygen atoms in total. The van der Waals surface area contributed by atoms with Crippen LogP contribution < -0.4 is 5.63 Å². The lowest BCUT2D eigenvalue weighted by Crippen LogP contribution is -1.96. The molecule has 0 spiro atoms.